The third kappa shape index (κ3) is 7.69. The van der Waals surface area contributed by atoms with Crippen molar-refractivity contribution in [3.05, 3.63) is 94.8 Å². The van der Waals surface area contributed by atoms with Crippen molar-refractivity contribution in [1.29, 1.82) is 0 Å². The first-order chi connectivity index (χ1) is 18.8. The van der Waals surface area contributed by atoms with Crippen LogP contribution in [0, 0.1) is 26.6 Å². The topological polar surface area (TPSA) is 86.8 Å². The Labute approximate surface area is 237 Å². The van der Waals surface area contributed by atoms with Gasteiger partial charge in [0.1, 0.15) is 18.4 Å². The number of nitrogens with one attached hydrogen (secondary N) is 1. The van der Waals surface area contributed by atoms with Crippen LogP contribution < -0.4 is 9.62 Å². The minimum Gasteiger partial charge on any atom is -0.352 e. The first-order valence-electron chi connectivity index (χ1n) is 13.3. The van der Waals surface area contributed by atoms with E-state index in [9.17, 15) is 22.4 Å². The van der Waals surface area contributed by atoms with Gasteiger partial charge in [0.05, 0.1) is 10.6 Å². The van der Waals surface area contributed by atoms with E-state index in [0.717, 1.165) is 21.0 Å². The van der Waals surface area contributed by atoms with Crippen molar-refractivity contribution in [3.63, 3.8) is 0 Å². The van der Waals surface area contributed by atoms with Gasteiger partial charge >= 0.3 is 0 Å². The van der Waals surface area contributed by atoms with Crippen LogP contribution in [0.3, 0.4) is 0 Å². The van der Waals surface area contributed by atoms with Gasteiger partial charge in [0.15, 0.2) is 0 Å². The zero-order chi connectivity index (χ0) is 29.6. The number of aryl methyl sites for hydroxylation is 3. The van der Waals surface area contributed by atoms with Crippen LogP contribution in [0.15, 0.2) is 71.6 Å². The minimum absolute atomic E-state index is 0.000525. The molecule has 0 saturated heterocycles. The second-order valence-corrected chi connectivity index (χ2v) is 12.2. The number of sulfonamides is 1. The van der Waals surface area contributed by atoms with Gasteiger partial charge in [0, 0.05) is 12.6 Å². The van der Waals surface area contributed by atoms with Gasteiger partial charge in [-0.1, -0.05) is 42.8 Å². The number of carbonyl (C=O) groups excluding carboxylic acids is 2. The fourth-order valence-electron chi connectivity index (χ4n) is 4.30. The van der Waals surface area contributed by atoms with Gasteiger partial charge < -0.3 is 10.2 Å². The highest BCUT2D eigenvalue weighted by Crippen LogP contribution is 2.27. The number of amides is 2. The Morgan fingerprint density at radius 3 is 2.00 bits per heavy atom. The molecule has 0 spiro atoms. The summed E-state index contributed by atoms with van der Waals surface area (Å²) in [6, 6.07) is 16.4. The Morgan fingerprint density at radius 1 is 0.875 bits per heavy atom. The lowest BCUT2D eigenvalue weighted by Gasteiger charge is -2.32. The van der Waals surface area contributed by atoms with Crippen LogP contribution in [0.1, 0.15) is 49.4 Å². The van der Waals surface area contributed by atoms with Gasteiger partial charge in [0.2, 0.25) is 11.8 Å². The molecule has 0 aromatic heterocycles. The van der Waals surface area contributed by atoms with Crippen molar-refractivity contribution in [3.8, 4) is 0 Å². The highest BCUT2D eigenvalue weighted by atomic mass is 32.2. The molecule has 9 heteroatoms. The number of rotatable bonds is 11. The van der Waals surface area contributed by atoms with E-state index in [4.69, 9.17) is 0 Å². The van der Waals surface area contributed by atoms with Crippen molar-refractivity contribution in [2.45, 2.75) is 71.5 Å². The van der Waals surface area contributed by atoms with Gasteiger partial charge in [-0.2, -0.15) is 0 Å². The van der Waals surface area contributed by atoms with Crippen LogP contribution in [0.4, 0.5) is 10.1 Å². The lowest BCUT2D eigenvalue weighted by molar-refractivity contribution is -0.139. The molecule has 0 fully saturated rings. The molecule has 3 aromatic carbocycles. The molecule has 214 valence electrons. The van der Waals surface area contributed by atoms with E-state index in [-0.39, 0.29) is 23.4 Å². The number of nitrogens with zero attached hydrogens (tertiary/aromatic N) is 2. The second-order valence-electron chi connectivity index (χ2n) is 10.3. The zero-order valence-corrected chi connectivity index (χ0v) is 24.8. The standard InChI is InChI=1S/C31H38FN3O4S/c1-7-24(5)33-31(37)25(6)34(19-26-10-12-27(32)13-11-26)30(36)20-35(28-17-22(3)16-23(4)18-28)40(38,39)29-14-8-21(2)9-15-29/h8-18,24-25H,7,19-20H2,1-6H3,(H,33,37)/t24-,25+/m0/s1. The summed E-state index contributed by atoms with van der Waals surface area (Å²) in [5.41, 5.74) is 3.55. The molecule has 2 atom stereocenters. The van der Waals surface area contributed by atoms with Crippen molar-refractivity contribution in [2.24, 2.45) is 0 Å². The number of carbonyl (C=O) groups is 2. The Morgan fingerprint density at radius 2 is 1.45 bits per heavy atom. The molecule has 0 saturated carbocycles. The van der Waals surface area contributed by atoms with E-state index in [2.05, 4.69) is 5.32 Å². The molecular weight excluding hydrogens is 529 g/mol. The summed E-state index contributed by atoms with van der Waals surface area (Å²) in [6.07, 6.45) is 0.708. The van der Waals surface area contributed by atoms with Crippen LogP contribution in [0.25, 0.3) is 0 Å². The zero-order valence-electron chi connectivity index (χ0n) is 23.9. The molecule has 0 bridgehead atoms. The molecule has 3 rings (SSSR count). The molecule has 40 heavy (non-hydrogen) atoms. The minimum atomic E-state index is -4.14. The molecular formula is C31H38FN3O4S. The maximum absolute atomic E-state index is 14.0. The van der Waals surface area contributed by atoms with E-state index in [0.29, 0.717) is 17.7 Å². The average molecular weight is 568 g/mol. The maximum atomic E-state index is 14.0. The van der Waals surface area contributed by atoms with Gasteiger partial charge in [-0.3, -0.25) is 13.9 Å². The SMILES string of the molecule is CC[C@H](C)NC(=O)[C@@H](C)N(Cc1ccc(F)cc1)C(=O)CN(c1cc(C)cc(C)c1)S(=O)(=O)c1ccc(C)cc1. The number of anilines is 1. The molecule has 0 radical (unpaired) electrons. The molecule has 0 aliphatic heterocycles. The van der Waals surface area contributed by atoms with Gasteiger partial charge in [-0.15, -0.1) is 0 Å². The van der Waals surface area contributed by atoms with E-state index >= 15 is 0 Å². The van der Waals surface area contributed by atoms with Crippen LogP contribution in [-0.4, -0.2) is 43.8 Å². The predicted octanol–water partition coefficient (Wildman–Crippen LogP) is 5.28. The Bertz CT molecular complexity index is 1420. The monoisotopic (exact) mass is 567 g/mol. The van der Waals surface area contributed by atoms with Crippen molar-refractivity contribution >= 4 is 27.5 Å². The maximum Gasteiger partial charge on any atom is 0.264 e. The lowest BCUT2D eigenvalue weighted by atomic mass is 10.1. The summed E-state index contributed by atoms with van der Waals surface area (Å²) in [4.78, 5) is 28.5. The molecule has 0 unspecified atom stereocenters. The summed E-state index contributed by atoms with van der Waals surface area (Å²) in [7, 11) is -4.14. The number of halogens is 1. The predicted molar refractivity (Wildman–Crippen MR) is 156 cm³/mol. The van der Waals surface area contributed by atoms with Crippen molar-refractivity contribution in [1.82, 2.24) is 10.2 Å². The highest BCUT2D eigenvalue weighted by molar-refractivity contribution is 7.92. The first-order valence-corrected chi connectivity index (χ1v) is 14.8. The summed E-state index contributed by atoms with van der Waals surface area (Å²) < 4.78 is 42.6. The molecule has 3 aromatic rings. The summed E-state index contributed by atoms with van der Waals surface area (Å²) in [5, 5.41) is 2.90. The van der Waals surface area contributed by atoms with Crippen LogP contribution >= 0.6 is 0 Å². The Balaban J connectivity index is 2.05. The number of benzene rings is 3. The van der Waals surface area contributed by atoms with Gasteiger partial charge in [0.25, 0.3) is 10.0 Å². The molecule has 1 N–H and O–H groups in total. The number of hydrogen-bond acceptors (Lipinski definition) is 4. The molecule has 0 aliphatic rings. The quantitative estimate of drug-likeness (QED) is 0.342. The molecule has 0 aliphatic carbocycles. The molecule has 0 heterocycles. The average Bonchev–Trinajstić information content (AvgIpc) is 2.90. The molecule has 7 nitrogen and oxygen atoms in total. The van der Waals surface area contributed by atoms with E-state index < -0.39 is 34.3 Å². The molecule has 2 amide bonds. The normalized spacial score (nSPS) is 12.9. The van der Waals surface area contributed by atoms with Gasteiger partial charge in [-0.05, 0) is 94.1 Å². The third-order valence-corrected chi connectivity index (χ3v) is 8.60. The Hall–Kier alpha value is -3.72. The fraction of sp³-hybridized carbons (Fsp3) is 0.355. The lowest BCUT2D eigenvalue weighted by Crippen LogP contribution is -2.52. The van der Waals surface area contributed by atoms with Crippen LogP contribution in [0.2, 0.25) is 0 Å². The van der Waals surface area contributed by atoms with Crippen LogP contribution in [-0.2, 0) is 26.2 Å². The highest BCUT2D eigenvalue weighted by Gasteiger charge is 2.33. The Kier molecular flexibility index (Phi) is 10.1. The summed E-state index contributed by atoms with van der Waals surface area (Å²) >= 11 is 0. The summed E-state index contributed by atoms with van der Waals surface area (Å²) in [6.45, 7) is 10.5. The first kappa shape index (κ1) is 30.8. The van der Waals surface area contributed by atoms with Crippen LogP contribution in [0.5, 0.6) is 0 Å². The van der Waals surface area contributed by atoms with Gasteiger partial charge in [-0.25, -0.2) is 12.8 Å². The second kappa shape index (κ2) is 13.1. The smallest absolute Gasteiger partial charge is 0.264 e. The van der Waals surface area contributed by atoms with Crippen molar-refractivity contribution in [2.75, 3.05) is 10.8 Å². The third-order valence-electron chi connectivity index (χ3n) is 6.82. The van der Waals surface area contributed by atoms with E-state index in [1.165, 1.54) is 29.2 Å². The summed E-state index contributed by atoms with van der Waals surface area (Å²) in [5.74, 6) is -1.34. The fourth-order valence-corrected chi connectivity index (χ4v) is 5.69. The number of hydrogen-bond donors (Lipinski definition) is 1. The van der Waals surface area contributed by atoms with E-state index in [1.807, 2.05) is 40.7 Å². The van der Waals surface area contributed by atoms with E-state index in [1.54, 1.807) is 43.3 Å². The largest absolute Gasteiger partial charge is 0.352 e. The van der Waals surface area contributed by atoms with Crippen molar-refractivity contribution < 1.29 is 22.4 Å².